The van der Waals surface area contributed by atoms with Gasteiger partial charge < -0.3 is 10.4 Å². The van der Waals surface area contributed by atoms with E-state index in [0.29, 0.717) is 18.7 Å². The van der Waals surface area contributed by atoms with Crippen LogP contribution in [0.3, 0.4) is 0 Å². The molecular weight excluding hydrogens is 267 g/mol. The first-order valence-electron chi connectivity index (χ1n) is 5.74. The molecule has 2 N–H and O–H groups in total. The van der Waals surface area contributed by atoms with Gasteiger partial charge >= 0.3 is 5.97 Å². The lowest BCUT2D eigenvalue weighted by molar-refractivity contribution is 0.0693. The van der Waals surface area contributed by atoms with Gasteiger partial charge in [-0.25, -0.2) is 14.2 Å². The zero-order valence-electron chi connectivity index (χ0n) is 10.3. The highest BCUT2D eigenvalue weighted by atomic mass is 32.1. The molecule has 0 radical (unpaired) electrons. The smallest absolute Gasteiger partial charge is 0.340 e. The molecule has 0 amide bonds. The monoisotopic (exact) mass is 280 g/mol. The highest BCUT2D eigenvalue weighted by Crippen LogP contribution is 2.19. The van der Waals surface area contributed by atoms with Gasteiger partial charge in [0.1, 0.15) is 11.4 Å². The second-order valence-corrected chi connectivity index (χ2v) is 4.97. The van der Waals surface area contributed by atoms with E-state index in [9.17, 15) is 9.18 Å². The van der Waals surface area contributed by atoms with E-state index in [1.807, 2.05) is 12.3 Å². The predicted molar refractivity (Wildman–Crippen MR) is 72.4 cm³/mol. The van der Waals surface area contributed by atoms with Crippen LogP contribution < -0.4 is 5.32 Å². The molecule has 1 heterocycles. The molecule has 1 aromatic carbocycles. The molecule has 0 saturated heterocycles. The first kappa shape index (κ1) is 13.5. The summed E-state index contributed by atoms with van der Waals surface area (Å²) in [7, 11) is 0. The molecule has 2 rings (SSSR count). The number of anilines is 1. The predicted octanol–water partition coefficient (Wildman–Crippen LogP) is 2.94. The molecule has 0 atom stereocenters. The molecule has 0 bridgehead atoms. The quantitative estimate of drug-likeness (QED) is 0.884. The Morgan fingerprint density at radius 1 is 1.53 bits per heavy atom. The molecule has 6 heteroatoms. The maximum atomic E-state index is 13.4. The zero-order chi connectivity index (χ0) is 13.8. The molecule has 100 valence electrons. The number of aromatic nitrogens is 1. The van der Waals surface area contributed by atoms with Crippen LogP contribution in [0.2, 0.25) is 0 Å². The van der Waals surface area contributed by atoms with Crippen molar-refractivity contribution in [3.63, 3.8) is 0 Å². The number of nitrogens with one attached hydrogen (secondary N) is 1. The molecule has 0 fully saturated rings. The van der Waals surface area contributed by atoms with Crippen molar-refractivity contribution in [3.8, 4) is 0 Å². The minimum absolute atomic E-state index is 0.292. The average molecular weight is 280 g/mol. The lowest BCUT2D eigenvalue weighted by Gasteiger charge is -2.09. The van der Waals surface area contributed by atoms with E-state index in [2.05, 4.69) is 10.3 Å². The van der Waals surface area contributed by atoms with Crippen LogP contribution in [0, 0.1) is 12.7 Å². The van der Waals surface area contributed by atoms with E-state index < -0.39 is 11.8 Å². The Balaban J connectivity index is 2.03. The molecule has 0 aliphatic heterocycles. The van der Waals surface area contributed by atoms with Gasteiger partial charge in [-0.3, -0.25) is 0 Å². The third-order valence-electron chi connectivity index (χ3n) is 2.55. The van der Waals surface area contributed by atoms with Crippen LogP contribution in [0.1, 0.15) is 21.1 Å². The van der Waals surface area contributed by atoms with Crippen LogP contribution in [0.4, 0.5) is 10.1 Å². The number of carboxylic acid groups (broad SMARTS) is 1. The van der Waals surface area contributed by atoms with Crippen molar-refractivity contribution < 1.29 is 14.3 Å². The van der Waals surface area contributed by atoms with Gasteiger partial charge in [-0.2, -0.15) is 0 Å². The number of carboxylic acids is 1. The van der Waals surface area contributed by atoms with E-state index in [-0.39, 0.29) is 5.56 Å². The first-order valence-corrected chi connectivity index (χ1v) is 6.62. The third kappa shape index (κ3) is 3.29. The number of carbonyl (C=O) groups is 1. The lowest BCUT2D eigenvalue weighted by atomic mass is 10.1. The second kappa shape index (κ2) is 5.79. The van der Waals surface area contributed by atoms with Gasteiger partial charge in [-0.05, 0) is 19.1 Å². The summed E-state index contributed by atoms with van der Waals surface area (Å²) in [5.41, 5.74) is 0.940. The largest absolute Gasteiger partial charge is 0.478 e. The van der Waals surface area contributed by atoms with Crippen molar-refractivity contribution in [3.05, 3.63) is 45.7 Å². The molecule has 0 aliphatic rings. The maximum Gasteiger partial charge on any atom is 0.340 e. The van der Waals surface area contributed by atoms with Crippen LogP contribution in [0.25, 0.3) is 0 Å². The van der Waals surface area contributed by atoms with E-state index in [4.69, 9.17) is 5.11 Å². The number of halogens is 1. The van der Waals surface area contributed by atoms with Crippen LogP contribution in [0.15, 0.2) is 23.6 Å². The Bertz CT molecular complexity index is 598. The molecule has 0 unspecified atom stereocenters. The van der Waals surface area contributed by atoms with Crippen molar-refractivity contribution in [1.82, 2.24) is 4.98 Å². The van der Waals surface area contributed by atoms with Crippen molar-refractivity contribution in [2.45, 2.75) is 13.3 Å². The Hall–Kier alpha value is -1.95. The standard InChI is InChI=1S/C13H13FN2O2S/c1-8-7-19-11(16-8)5-6-15-10-4-2-3-9(14)12(10)13(17)18/h2-4,7,15H,5-6H2,1H3,(H,17,18). The summed E-state index contributed by atoms with van der Waals surface area (Å²) >= 11 is 1.56. The molecule has 19 heavy (non-hydrogen) atoms. The average Bonchev–Trinajstić information content (AvgIpc) is 2.74. The third-order valence-corrected chi connectivity index (χ3v) is 3.57. The molecule has 0 spiro atoms. The van der Waals surface area contributed by atoms with Crippen molar-refractivity contribution in [2.24, 2.45) is 0 Å². The number of rotatable bonds is 5. The van der Waals surface area contributed by atoms with E-state index >= 15 is 0 Å². The Morgan fingerprint density at radius 2 is 2.32 bits per heavy atom. The minimum atomic E-state index is -1.27. The van der Waals surface area contributed by atoms with Gasteiger partial charge in [0.15, 0.2) is 0 Å². The van der Waals surface area contributed by atoms with Crippen molar-refractivity contribution >= 4 is 23.0 Å². The normalized spacial score (nSPS) is 10.4. The van der Waals surface area contributed by atoms with Crippen molar-refractivity contribution in [2.75, 3.05) is 11.9 Å². The molecule has 0 aliphatic carbocycles. The Kier molecular flexibility index (Phi) is 4.11. The number of nitrogens with zero attached hydrogens (tertiary/aromatic N) is 1. The van der Waals surface area contributed by atoms with E-state index in [0.717, 1.165) is 16.8 Å². The van der Waals surface area contributed by atoms with E-state index in [1.165, 1.54) is 6.07 Å². The fourth-order valence-electron chi connectivity index (χ4n) is 1.71. The summed E-state index contributed by atoms with van der Waals surface area (Å²) in [6.07, 6.45) is 0.675. The van der Waals surface area contributed by atoms with Crippen LogP contribution in [-0.2, 0) is 6.42 Å². The zero-order valence-corrected chi connectivity index (χ0v) is 11.1. The van der Waals surface area contributed by atoms with Crippen LogP contribution in [0.5, 0.6) is 0 Å². The number of aromatic carboxylic acids is 1. The molecule has 4 nitrogen and oxygen atoms in total. The summed E-state index contributed by atoms with van der Waals surface area (Å²) in [5.74, 6) is -2.01. The van der Waals surface area contributed by atoms with Crippen LogP contribution in [-0.4, -0.2) is 22.6 Å². The van der Waals surface area contributed by atoms with Gasteiger partial charge in [-0.15, -0.1) is 11.3 Å². The summed E-state index contributed by atoms with van der Waals surface area (Å²) in [6.45, 7) is 2.43. The van der Waals surface area contributed by atoms with Crippen molar-refractivity contribution in [1.29, 1.82) is 0 Å². The fourth-order valence-corrected chi connectivity index (χ4v) is 2.49. The maximum absolute atomic E-state index is 13.4. The highest BCUT2D eigenvalue weighted by molar-refractivity contribution is 7.09. The molecular formula is C13H13FN2O2S. The Morgan fingerprint density at radius 3 is 2.95 bits per heavy atom. The second-order valence-electron chi connectivity index (χ2n) is 4.03. The summed E-state index contributed by atoms with van der Waals surface area (Å²) in [4.78, 5) is 15.3. The topological polar surface area (TPSA) is 62.2 Å². The molecule has 1 aromatic heterocycles. The number of hydrogen-bond donors (Lipinski definition) is 2. The number of benzene rings is 1. The van der Waals surface area contributed by atoms with Gasteiger partial charge in [0, 0.05) is 24.0 Å². The molecule has 2 aromatic rings. The number of thiazole rings is 1. The number of aryl methyl sites for hydroxylation is 1. The highest BCUT2D eigenvalue weighted by Gasteiger charge is 2.15. The molecule has 0 saturated carbocycles. The van der Waals surface area contributed by atoms with E-state index in [1.54, 1.807) is 17.4 Å². The minimum Gasteiger partial charge on any atom is -0.478 e. The van der Waals surface area contributed by atoms with Gasteiger partial charge in [-0.1, -0.05) is 6.07 Å². The van der Waals surface area contributed by atoms with Gasteiger partial charge in [0.2, 0.25) is 0 Å². The van der Waals surface area contributed by atoms with Gasteiger partial charge in [0.25, 0.3) is 0 Å². The SMILES string of the molecule is Cc1csc(CCNc2cccc(F)c2C(=O)O)n1. The van der Waals surface area contributed by atoms with Gasteiger partial charge in [0.05, 0.1) is 10.7 Å². The summed E-state index contributed by atoms with van der Waals surface area (Å²) < 4.78 is 13.4. The van der Waals surface area contributed by atoms with Crippen LogP contribution >= 0.6 is 11.3 Å². The Labute approximate surface area is 113 Å². The fraction of sp³-hybridized carbons (Fsp3) is 0.231. The summed E-state index contributed by atoms with van der Waals surface area (Å²) in [5, 5.41) is 14.8. The lowest BCUT2D eigenvalue weighted by Crippen LogP contribution is -2.11. The summed E-state index contributed by atoms with van der Waals surface area (Å²) in [6, 6.07) is 4.18. The number of hydrogen-bond acceptors (Lipinski definition) is 4. The first-order chi connectivity index (χ1) is 9.08.